The summed E-state index contributed by atoms with van der Waals surface area (Å²) in [6.45, 7) is 1.28. The summed E-state index contributed by atoms with van der Waals surface area (Å²) in [4.78, 5) is 0. The molecule has 0 aromatic carbocycles. The molecular weight excluding hydrogens is 135 g/mol. The number of hydrogen-bond donors (Lipinski definition) is 0. The van der Waals surface area contributed by atoms with Crippen LogP contribution in [0.5, 0.6) is 0 Å². The third-order valence-electron chi connectivity index (χ3n) is 0.449. The highest BCUT2D eigenvalue weighted by Crippen LogP contribution is 1.76. The van der Waals surface area contributed by atoms with Gasteiger partial charge in [0, 0.05) is 5.88 Å². The minimum absolute atomic E-state index is 0.565. The highest BCUT2D eigenvalue weighted by atomic mass is 35.5. The highest BCUT2D eigenvalue weighted by Gasteiger charge is 1.85. The molecule has 0 aromatic heterocycles. The van der Waals surface area contributed by atoms with E-state index < -0.39 is 0 Å². The molecule has 0 unspecified atom stereocenters. The van der Waals surface area contributed by atoms with Crippen LogP contribution >= 0.6 is 11.6 Å². The molecular formula is C4H9Cl2O+. The van der Waals surface area contributed by atoms with E-state index in [1.54, 1.807) is 0 Å². The molecule has 0 fully saturated rings. The molecule has 0 aliphatic rings. The number of ether oxygens (including phenoxy) is 1. The van der Waals surface area contributed by atoms with Gasteiger partial charge < -0.3 is 4.74 Å². The van der Waals surface area contributed by atoms with Crippen LogP contribution in [0.25, 0.3) is 0 Å². The van der Waals surface area contributed by atoms with Crippen LogP contribution in [-0.4, -0.2) is 25.0 Å². The van der Waals surface area contributed by atoms with Crippen LogP contribution in [0.3, 0.4) is 0 Å². The van der Waals surface area contributed by atoms with E-state index in [4.69, 9.17) is 16.3 Å². The second kappa shape index (κ2) is 6.54. The molecule has 0 spiro atoms. The highest BCUT2D eigenvalue weighted by molar-refractivity contribution is 6.17. The van der Waals surface area contributed by atoms with E-state index in [-0.39, 0.29) is 0 Å². The van der Waals surface area contributed by atoms with Gasteiger partial charge in [-0.1, -0.05) is 0 Å². The van der Waals surface area contributed by atoms with Crippen molar-refractivity contribution >= 4 is 11.6 Å². The molecule has 0 saturated carbocycles. The fourth-order valence-corrected chi connectivity index (χ4v) is 0.443. The van der Waals surface area contributed by atoms with Gasteiger partial charge >= 0.3 is 0 Å². The maximum atomic E-state index is 5.28. The van der Waals surface area contributed by atoms with Crippen molar-refractivity contribution in [2.24, 2.45) is 0 Å². The molecule has 0 aromatic rings. The van der Waals surface area contributed by atoms with Gasteiger partial charge in [0.2, 0.25) is 0 Å². The van der Waals surface area contributed by atoms with Crippen LogP contribution < -0.4 is 0 Å². The van der Waals surface area contributed by atoms with Gasteiger partial charge in [0.15, 0.2) is 5.88 Å². The Morgan fingerprint density at radius 3 is 2.57 bits per heavy atom. The van der Waals surface area contributed by atoms with Crippen LogP contribution in [0.1, 0.15) is 0 Å². The summed E-state index contributed by atoms with van der Waals surface area (Å²) in [5.74, 6) is 1.23. The van der Waals surface area contributed by atoms with Gasteiger partial charge in [-0.2, -0.15) is 0 Å². The van der Waals surface area contributed by atoms with E-state index in [0.29, 0.717) is 25.0 Å². The van der Waals surface area contributed by atoms with E-state index in [9.17, 15) is 0 Å². The van der Waals surface area contributed by atoms with Crippen molar-refractivity contribution in [3.63, 3.8) is 0 Å². The molecule has 0 bridgehead atoms. The summed E-state index contributed by atoms with van der Waals surface area (Å²) in [5.41, 5.74) is 0. The van der Waals surface area contributed by atoms with Crippen molar-refractivity contribution in [2.45, 2.75) is 0 Å². The SMILES string of the molecule is ClCCOCC[ClH+]. The van der Waals surface area contributed by atoms with Gasteiger partial charge in [-0.3, -0.25) is 0 Å². The molecule has 0 rings (SSSR count). The second-order valence-electron chi connectivity index (χ2n) is 1.01. The zero-order chi connectivity index (χ0) is 5.54. The first-order valence-corrected chi connectivity index (χ1v) is 3.25. The molecule has 0 aliphatic carbocycles. The van der Waals surface area contributed by atoms with E-state index in [2.05, 4.69) is 11.6 Å². The monoisotopic (exact) mass is 143 g/mol. The summed E-state index contributed by atoms with van der Waals surface area (Å²) in [5, 5.41) is 0. The molecule has 0 aliphatic heterocycles. The molecule has 0 atom stereocenters. The van der Waals surface area contributed by atoms with E-state index in [0.717, 1.165) is 0 Å². The Bertz CT molecular complexity index is 28.9. The molecule has 0 saturated heterocycles. The zero-order valence-corrected chi connectivity index (χ0v) is 5.60. The summed E-state index contributed by atoms with van der Waals surface area (Å²) in [7, 11) is 0. The van der Waals surface area contributed by atoms with E-state index in [1.807, 2.05) is 0 Å². The molecule has 0 heterocycles. The predicted molar refractivity (Wildman–Crippen MR) is 27.8 cm³/mol. The lowest BCUT2D eigenvalue weighted by Gasteiger charge is -1.90. The van der Waals surface area contributed by atoms with Crippen molar-refractivity contribution in [3.05, 3.63) is 0 Å². The maximum Gasteiger partial charge on any atom is 0.193 e. The third-order valence-corrected chi connectivity index (χ3v) is 0.770. The maximum absolute atomic E-state index is 5.28. The van der Waals surface area contributed by atoms with Gasteiger partial charge in [0.1, 0.15) is 18.2 Å². The Labute approximate surface area is 53.6 Å². The van der Waals surface area contributed by atoms with Crippen LogP contribution in [0.15, 0.2) is 0 Å². The molecule has 44 valence electrons. The Balaban J connectivity index is 2.45. The average molecular weight is 144 g/mol. The van der Waals surface area contributed by atoms with Gasteiger partial charge in [0.25, 0.3) is 0 Å². The van der Waals surface area contributed by atoms with Gasteiger partial charge in [-0.25, -0.2) is 0 Å². The molecule has 0 N–H and O–H groups in total. The Kier molecular flexibility index (Phi) is 7.04. The van der Waals surface area contributed by atoms with E-state index in [1.165, 1.54) is 0 Å². The summed E-state index contributed by atoms with van der Waals surface area (Å²) < 4.78 is 4.90. The lowest BCUT2D eigenvalue weighted by molar-refractivity contribution is -0.374. The van der Waals surface area contributed by atoms with E-state index >= 15 is 0 Å². The van der Waals surface area contributed by atoms with Crippen LogP contribution in [0, 0.1) is 11.6 Å². The number of alkyl halides is 2. The standard InChI is InChI=1S/C4H9Cl2O/c5-1-3-7-4-2-6/h5H,1-4H2/q+1. The van der Waals surface area contributed by atoms with Crippen LogP contribution in [0.4, 0.5) is 0 Å². The zero-order valence-electron chi connectivity index (χ0n) is 4.02. The second-order valence-corrected chi connectivity index (χ2v) is 1.79. The Morgan fingerprint density at radius 2 is 2.14 bits per heavy atom. The fraction of sp³-hybridized carbons (Fsp3) is 1.00. The van der Waals surface area contributed by atoms with Crippen molar-refractivity contribution in [3.8, 4) is 0 Å². The molecule has 0 radical (unpaired) electrons. The van der Waals surface area contributed by atoms with Crippen LogP contribution in [-0.2, 0) is 4.74 Å². The van der Waals surface area contributed by atoms with Crippen molar-refractivity contribution in [2.75, 3.05) is 25.0 Å². The molecule has 0 amide bonds. The number of rotatable bonds is 4. The lowest BCUT2D eigenvalue weighted by Crippen LogP contribution is -1.99. The first-order chi connectivity index (χ1) is 3.41. The summed E-state index contributed by atoms with van der Waals surface area (Å²) in [6.07, 6.45) is 0. The van der Waals surface area contributed by atoms with Crippen molar-refractivity contribution < 1.29 is 16.3 Å². The predicted octanol–water partition coefficient (Wildman–Crippen LogP) is 0.523. The Morgan fingerprint density at radius 1 is 1.43 bits per heavy atom. The van der Waals surface area contributed by atoms with Gasteiger partial charge in [-0.15, -0.1) is 11.6 Å². The minimum Gasteiger partial charge on any atom is -0.375 e. The first kappa shape index (κ1) is 7.54. The molecule has 1 nitrogen and oxygen atoms in total. The molecule has 3 heteroatoms. The van der Waals surface area contributed by atoms with Crippen LogP contribution in [0.2, 0.25) is 0 Å². The summed E-state index contributed by atoms with van der Waals surface area (Å²) >= 11 is 9.88. The molecule has 7 heavy (non-hydrogen) atoms. The third kappa shape index (κ3) is 6.54. The number of halogens is 2. The fourth-order valence-electron chi connectivity index (χ4n) is 0.216. The summed E-state index contributed by atoms with van der Waals surface area (Å²) in [6, 6.07) is 0. The number of hydrogen-bond acceptors (Lipinski definition) is 1. The minimum atomic E-state index is 0.565. The first-order valence-electron chi connectivity index (χ1n) is 2.13. The quantitative estimate of drug-likeness (QED) is 0.413. The smallest absolute Gasteiger partial charge is 0.193 e. The topological polar surface area (TPSA) is 9.23 Å². The average Bonchev–Trinajstić information content (AvgIpc) is 1.69. The van der Waals surface area contributed by atoms with Gasteiger partial charge in [-0.05, 0) is 0 Å². The largest absolute Gasteiger partial charge is 0.375 e. The van der Waals surface area contributed by atoms with Crippen molar-refractivity contribution in [1.29, 1.82) is 0 Å². The lowest BCUT2D eigenvalue weighted by atomic mass is 10.8. The van der Waals surface area contributed by atoms with Gasteiger partial charge in [0.05, 0.1) is 6.61 Å². The normalized spacial score (nSPS) is 9.43. The van der Waals surface area contributed by atoms with Crippen molar-refractivity contribution in [1.82, 2.24) is 0 Å². The Hall–Kier alpha value is 0.540.